The molecular weight excluding hydrogens is 262 g/mol. The number of rotatable bonds is 5. The van der Waals surface area contributed by atoms with Crippen LogP contribution in [0.1, 0.15) is 37.0 Å². The van der Waals surface area contributed by atoms with E-state index in [9.17, 15) is 0 Å². The molecule has 3 aliphatic rings. The molecule has 98 valence electrons. The molecular formula is C15H20ClNS. The Morgan fingerprint density at radius 1 is 1.28 bits per heavy atom. The van der Waals surface area contributed by atoms with E-state index in [4.69, 9.17) is 11.6 Å². The normalized spacial score (nSPS) is 37.8. The van der Waals surface area contributed by atoms with Gasteiger partial charge >= 0.3 is 0 Å². The van der Waals surface area contributed by atoms with Gasteiger partial charge in [-0.2, -0.15) is 0 Å². The first-order chi connectivity index (χ1) is 8.72. The van der Waals surface area contributed by atoms with Crippen LogP contribution in [0, 0.1) is 17.3 Å². The molecule has 0 aliphatic heterocycles. The molecule has 1 heterocycles. The van der Waals surface area contributed by atoms with E-state index in [2.05, 4.69) is 17.4 Å². The van der Waals surface area contributed by atoms with E-state index in [1.165, 1.54) is 49.9 Å². The third-order valence-electron chi connectivity index (χ3n) is 4.98. The first-order valence-electron chi connectivity index (χ1n) is 7.20. The fourth-order valence-corrected chi connectivity index (χ4v) is 5.08. The van der Waals surface area contributed by atoms with Gasteiger partial charge in [0.25, 0.3) is 0 Å². The zero-order valence-electron chi connectivity index (χ0n) is 10.6. The molecule has 2 unspecified atom stereocenters. The number of thiophene rings is 1. The molecule has 1 N–H and O–H groups in total. The van der Waals surface area contributed by atoms with Crippen LogP contribution in [-0.2, 0) is 6.42 Å². The van der Waals surface area contributed by atoms with Gasteiger partial charge in [-0.1, -0.05) is 11.6 Å². The highest BCUT2D eigenvalue weighted by Gasteiger charge is 2.53. The summed E-state index contributed by atoms with van der Waals surface area (Å²) >= 11 is 7.85. The lowest BCUT2D eigenvalue weighted by Crippen LogP contribution is -2.36. The smallest absolute Gasteiger partial charge is 0.0931 e. The Morgan fingerprint density at radius 2 is 2.06 bits per heavy atom. The molecule has 3 fully saturated rings. The van der Waals surface area contributed by atoms with Gasteiger partial charge < -0.3 is 5.32 Å². The van der Waals surface area contributed by atoms with Crippen LogP contribution in [0.3, 0.4) is 0 Å². The van der Waals surface area contributed by atoms with Crippen LogP contribution in [0.2, 0.25) is 4.34 Å². The lowest BCUT2D eigenvalue weighted by atomic mass is 9.79. The van der Waals surface area contributed by atoms with E-state index in [0.29, 0.717) is 5.41 Å². The molecule has 0 aromatic carbocycles. The van der Waals surface area contributed by atoms with E-state index < -0.39 is 0 Å². The van der Waals surface area contributed by atoms with Crippen LogP contribution in [0.5, 0.6) is 0 Å². The maximum absolute atomic E-state index is 6.07. The van der Waals surface area contributed by atoms with Crippen LogP contribution >= 0.6 is 22.9 Å². The Morgan fingerprint density at radius 3 is 2.67 bits per heavy atom. The summed E-state index contributed by atoms with van der Waals surface area (Å²) in [7, 11) is 0. The minimum atomic E-state index is 0.546. The molecule has 3 aliphatic carbocycles. The van der Waals surface area contributed by atoms with Gasteiger partial charge in [0.1, 0.15) is 0 Å². The van der Waals surface area contributed by atoms with Crippen molar-refractivity contribution in [2.75, 3.05) is 6.54 Å². The zero-order valence-corrected chi connectivity index (χ0v) is 12.2. The second kappa shape index (κ2) is 4.22. The van der Waals surface area contributed by atoms with E-state index in [-0.39, 0.29) is 0 Å². The first kappa shape index (κ1) is 11.7. The highest BCUT2D eigenvalue weighted by atomic mass is 35.5. The summed E-state index contributed by atoms with van der Waals surface area (Å²) in [6.07, 6.45) is 8.45. The predicted molar refractivity (Wildman–Crippen MR) is 77.3 cm³/mol. The second-order valence-corrected chi connectivity index (χ2v) is 8.50. The quantitative estimate of drug-likeness (QED) is 0.856. The fraction of sp³-hybridized carbons (Fsp3) is 0.733. The highest BCUT2D eigenvalue weighted by Crippen LogP contribution is 2.61. The molecule has 4 rings (SSSR count). The lowest BCUT2D eigenvalue weighted by molar-refractivity contribution is 0.249. The molecule has 2 atom stereocenters. The number of fused-ring (bicyclic) bond motifs is 1. The van der Waals surface area contributed by atoms with Crippen molar-refractivity contribution in [1.82, 2.24) is 5.32 Å². The summed E-state index contributed by atoms with van der Waals surface area (Å²) in [6, 6.07) is 5.13. The van der Waals surface area contributed by atoms with Crippen molar-refractivity contribution >= 4 is 22.9 Å². The van der Waals surface area contributed by atoms with Crippen molar-refractivity contribution in [2.45, 2.75) is 44.6 Å². The van der Waals surface area contributed by atoms with Gasteiger partial charge in [0.15, 0.2) is 0 Å². The van der Waals surface area contributed by atoms with Gasteiger partial charge in [0.05, 0.1) is 4.34 Å². The minimum absolute atomic E-state index is 0.546. The first-order valence-corrected chi connectivity index (χ1v) is 8.40. The minimum Gasteiger partial charge on any atom is -0.313 e. The third-order valence-corrected chi connectivity index (χ3v) is 6.21. The Labute approximate surface area is 118 Å². The topological polar surface area (TPSA) is 12.0 Å². The van der Waals surface area contributed by atoms with Crippen LogP contribution < -0.4 is 5.32 Å². The van der Waals surface area contributed by atoms with Crippen molar-refractivity contribution in [2.24, 2.45) is 17.3 Å². The Balaban J connectivity index is 1.47. The van der Waals surface area contributed by atoms with Crippen LogP contribution in [0.4, 0.5) is 0 Å². The number of halogens is 1. The van der Waals surface area contributed by atoms with Crippen molar-refractivity contribution in [3.8, 4) is 0 Å². The molecule has 1 aromatic heterocycles. The molecule has 1 nitrogen and oxygen atoms in total. The van der Waals surface area contributed by atoms with E-state index in [1.807, 2.05) is 0 Å². The molecule has 3 saturated carbocycles. The Bertz CT molecular complexity index is 441. The third kappa shape index (κ3) is 2.35. The summed E-state index contributed by atoms with van der Waals surface area (Å²) in [5, 5.41) is 3.78. The maximum Gasteiger partial charge on any atom is 0.0931 e. The molecule has 0 radical (unpaired) electrons. The monoisotopic (exact) mass is 281 g/mol. The standard InChI is InChI=1S/C15H20ClNS/c16-14-4-3-13(18-14)8-15(9-17-12-1-2-12)6-10-5-11(10)7-15/h3-4,10-12,17H,1-2,5-9H2. The van der Waals surface area contributed by atoms with Gasteiger partial charge in [-0.3, -0.25) is 0 Å². The van der Waals surface area contributed by atoms with Crippen LogP contribution in [0.15, 0.2) is 12.1 Å². The zero-order chi connectivity index (χ0) is 12.2. The van der Waals surface area contributed by atoms with Gasteiger partial charge in [0, 0.05) is 17.5 Å². The van der Waals surface area contributed by atoms with E-state index in [1.54, 1.807) is 11.3 Å². The maximum atomic E-state index is 6.07. The van der Waals surface area contributed by atoms with Crippen molar-refractivity contribution in [3.63, 3.8) is 0 Å². The molecule has 0 bridgehead atoms. The van der Waals surface area contributed by atoms with E-state index >= 15 is 0 Å². The number of hydrogen-bond donors (Lipinski definition) is 1. The summed E-state index contributed by atoms with van der Waals surface area (Å²) in [5.74, 6) is 2.11. The average molecular weight is 282 g/mol. The Hall–Kier alpha value is -0.0500. The summed E-state index contributed by atoms with van der Waals surface area (Å²) < 4.78 is 0.943. The number of nitrogens with one attached hydrogen (secondary N) is 1. The van der Waals surface area contributed by atoms with E-state index in [0.717, 1.165) is 22.2 Å². The molecule has 18 heavy (non-hydrogen) atoms. The molecule has 1 aromatic rings. The summed E-state index contributed by atoms with van der Waals surface area (Å²) in [4.78, 5) is 1.49. The van der Waals surface area contributed by atoms with Crippen LogP contribution in [-0.4, -0.2) is 12.6 Å². The highest BCUT2D eigenvalue weighted by molar-refractivity contribution is 7.16. The van der Waals surface area contributed by atoms with Crippen molar-refractivity contribution < 1.29 is 0 Å². The van der Waals surface area contributed by atoms with Gasteiger partial charge in [-0.25, -0.2) is 0 Å². The van der Waals surface area contributed by atoms with Gasteiger partial charge in [-0.05, 0) is 67.9 Å². The second-order valence-electron chi connectivity index (χ2n) is 6.70. The number of hydrogen-bond acceptors (Lipinski definition) is 2. The average Bonchev–Trinajstić information content (AvgIpc) is 3.23. The van der Waals surface area contributed by atoms with Gasteiger partial charge in [0.2, 0.25) is 0 Å². The molecule has 0 saturated heterocycles. The molecule has 3 heteroatoms. The molecule has 0 amide bonds. The SMILES string of the molecule is Clc1ccc(CC2(CNC3CC3)CC3CC3C2)s1. The predicted octanol–water partition coefficient (Wildman–Crippen LogP) is 4.11. The Kier molecular flexibility index (Phi) is 2.76. The van der Waals surface area contributed by atoms with Crippen LogP contribution in [0.25, 0.3) is 0 Å². The van der Waals surface area contributed by atoms with Crippen molar-refractivity contribution in [3.05, 3.63) is 21.3 Å². The lowest BCUT2D eigenvalue weighted by Gasteiger charge is -2.31. The fourth-order valence-electron chi connectivity index (χ4n) is 3.82. The van der Waals surface area contributed by atoms with Crippen molar-refractivity contribution in [1.29, 1.82) is 0 Å². The summed E-state index contributed by atoms with van der Waals surface area (Å²) in [6.45, 7) is 1.24. The largest absolute Gasteiger partial charge is 0.313 e. The molecule has 0 spiro atoms. The summed E-state index contributed by atoms with van der Waals surface area (Å²) in [5.41, 5.74) is 0.546. The van der Waals surface area contributed by atoms with Gasteiger partial charge in [-0.15, -0.1) is 11.3 Å².